The quantitative estimate of drug-likeness (QED) is 0.425. The van der Waals surface area contributed by atoms with E-state index >= 15 is 0 Å². The number of aliphatic hydroxyl groups is 1. The maximum Gasteiger partial charge on any atom is 0.186 e. The highest BCUT2D eigenvalue weighted by Crippen LogP contribution is 2.30. The molecule has 1 heterocycles. The Morgan fingerprint density at radius 1 is 1.10 bits per heavy atom. The Morgan fingerprint density at radius 2 is 1.67 bits per heavy atom. The number of rotatable bonds is 9. The molecule has 0 amide bonds. The third-order valence-electron chi connectivity index (χ3n) is 4.50. The Hall–Kier alpha value is -1.48. The first kappa shape index (κ1) is 23.2. The van der Waals surface area contributed by atoms with Crippen LogP contribution in [0.2, 0.25) is 10.0 Å². The number of hydrogen-bond acceptors (Lipinski definition) is 5. The average molecular weight is 484 g/mol. The van der Waals surface area contributed by atoms with Crippen LogP contribution < -0.4 is 9.62 Å². The molecule has 0 fully saturated rings. The third kappa shape index (κ3) is 6.51. The number of benzene rings is 2. The Bertz CT molecular complexity index is 994. The van der Waals surface area contributed by atoms with Gasteiger partial charge in [0.25, 0.3) is 0 Å². The van der Waals surface area contributed by atoms with E-state index in [1.165, 1.54) is 23.2 Å². The van der Waals surface area contributed by atoms with Gasteiger partial charge in [0.05, 0.1) is 11.0 Å². The van der Waals surface area contributed by atoms with E-state index in [1.807, 2.05) is 55.5 Å². The zero-order valence-corrected chi connectivity index (χ0v) is 19.8. The monoisotopic (exact) mass is 483 g/mol. The van der Waals surface area contributed by atoms with Crippen molar-refractivity contribution >= 4 is 50.7 Å². The van der Waals surface area contributed by atoms with Crippen molar-refractivity contribution in [1.29, 1.82) is 0 Å². The molecule has 160 valence electrons. The van der Waals surface area contributed by atoms with Gasteiger partial charge >= 0.3 is 0 Å². The number of anilines is 1. The molecule has 0 radical (unpaired) electrons. The van der Waals surface area contributed by atoms with Crippen molar-refractivity contribution in [3.05, 3.63) is 80.3 Å². The fraction of sp³-hybridized carbons (Fsp3) is 0.286. The van der Waals surface area contributed by atoms with Gasteiger partial charge in [0, 0.05) is 34.3 Å². The summed E-state index contributed by atoms with van der Waals surface area (Å²) < 4.78 is 14.0. The highest BCUT2D eigenvalue weighted by molar-refractivity contribution is 7.82. The molecule has 0 spiro atoms. The summed E-state index contributed by atoms with van der Waals surface area (Å²) in [5.41, 5.74) is 2.79. The molecule has 0 saturated heterocycles. The summed E-state index contributed by atoms with van der Waals surface area (Å²) in [6.45, 7) is 3.29. The van der Waals surface area contributed by atoms with E-state index in [0.29, 0.717) is 22.3 Å². The third-order valence-corrected chi connectivity index (χ3v) is 6.61. The lowest BCUT2D eigenvalue weighted by Gasteiger charge is -2.22. The smallest absolute Gasteiger partial charge is 0.186 e. The number of nitrogens with zero attached hydrogens (tertiary/aromatic N) is 2. The minimum Gasteiger partial charge on any atom is -0.372 e. The van der Waals surface area contributed by atoms with Gasteiger partial charge in [0.2, 0.25) is 0 Å². The largest absolute Gasteiger partial charge is 0.372 e. The molecule has 2 atom stereocenters. The highest BCUT2D eigenvalue weighted by Gasteiger charge is 2.20. The molecular formula is C21H23Cl2N3O2S2. The number of nitrogens with one attached hydrogen (secondary N) is 1. The van der Waals surface area contributed by atoms with Crippen molar-refractivity contribution in [2.75, 3.05) is 17.7 Å². The Balaban J connectivity index is 1.83. The van der Waals surface area contributed by atoms with E-state index in [0.717, 1.165) is 28.5 Å². The Morgan fingerprint density at radius 3 is 2.23 bits per heavy atom. The molecule has 0 bridgehead atoms. The standard InChI is InChI=1S/C21H23Cl2N3O2S2/c1-14-19(20(27)25-30(2)28)24-21(29-14)26(13-16-5-9-18(23)10-6-16)12-11-15-3-7-17(22)8-4-15/h3-10,20,25,27H,11-13H2,1-2H3. The fourth-order valence-corrected chi connectivity index (χ4v) is 4.61. The van der Waals surface area contributed by atoms with Crippen LogP contribution in [0, 0.1) is 6.92 Å². The van der Waals surface area contributed by atoms with Gasteiger partial charge in [-0.1, -0.05) is 47.5 Å². The van der Waals surface area contributed by atoms with Gasteiger partial charge < -0.3 is 10.0 Å². The van der Waals surface area contributed by atoms with Crippen molar-refractivity contribution in [2.45, 2.75) is 26.1 Å². The molecule has 30 heavy (non-hydrogen) atoms. The summed E-state index contributed by atoms with van der Waals surface area (Å²) in [7, 11) is -1.34. The predicted molar refractivity (Wildman–Crippen MR) is 127 cm³/mol. The van der Waals surface area contributed by atoms with E-state index < -0.39 is 17.2 Å². The molecule has 3 rings (SSSR count). The van der Waals surface area contributed by atoms with E-state index in [1.54, 1.807) is 0 Å². The van der Waals surface area contributed by atoms with E-state index in [9.17, 15) is 9.32 Å². The molecule has 3 aromatic rings. The maximum absolute atomic E-state index is 11.4. The summed E-state index contributed by atoms with van der Waals surface area (Å²) in [4.78, 5) is 7.71. The van der Waals surface area contributed by atoms with E-state index in [2.05, 4.69) is 14.6 Å². The van der Waals surface area contributed by atoms with E-state index in [-0.39, 0.29) is 0 Å². The molecule has 2 aromatic carbocycles. The van der Waals surface area contributed by atoms with Gasteiger partial charge in [-0.25, -0.2) is 13.9 Å². The predicted octanol–water partition coefficient (Wildman–Crippen LogP) is 4.88. The van der Waals surface area contributed by atoms with Gasteiger partial charge in [-0.15, -0.1) is 11.3 Å². The second-order valence-corrected chi connectivity index (χ2v) is 10.0. The molecule has 0 aliphatic rings. The van der Waals surface area contributed by atoms with Crippen LogP contribution in [0.15, 0.2) is 48.5 Å². The molecule has 0 saturated carbocycles. The first-order valence-corrected chi connectivity index (χ1v) is 12.4. The lowest BCUT2D eigenvalue weighted by Crippen LogP contribution is -2.26. The summed E-state index contributed by atoms with van der Waals surface area (Å²) in [6, 6.07) is 15.5. The molecule has 1 aromatic heterocycles. The zero-order valence-electron chi connectivity index (χ0n) is 16.6. The normalized spacial score (nSPS) is 13.2. The summed E-state index contributed by atoms with van der Waals surface area (Å²) in [5, 5.41) is 12.5. The number of aromatic nitrogens is 1. The maximum atomic E-state index is 11.4. The van der Waals surface area contributed by atoms with Crippen LogP contribution in [0.4, 0.5) is 5.13 Å². The lowest BCUT2D eigenvalue weighted by atomic mass is 10.1. The van der Waals surface area contributed by atoms with Gasteiger partial charge in [-0.2, -0.15) is 0 Å². The average Bonchev–Trinajstić information content (AvgIpc) is 3.09. The van der Waals surface area contributed by atoms with Crippen molar-refractivity contribution in [3.63, 3.8) is 0 Å². The van der Waals surface area contributed by atoms with Crippen molar-refractivity contribution in [3.8, 4) is 0 Å². The molecule has 2 N–H and O–H groups in total. The molecule has 2 unspecified atom stereocenters. The minimum atomic E-state index is -1.34. The summed E-state index contributed by atoms with van der Waals surface area (Å²) in [5.74, 6) is 0. The van der Waals surface area contributed by atoms with Crippen molar-refractivity contribution < 1.29 is 9.32 Å². The van der Waals surface area contributed by atoms with Gasteiger partial charge in [0.1, 0.15) is 5.69 Å². The first-order valence-electron chi connectivity index (χ1n) is 9.30. The second-order valence-electron chi connectivity index (χ2n) is 6.84. The zero-order chi connectivity index (χ0) is 21.7. The fourth-order valence-electron chi connectivity index (χ4n) is 2.96. The number of halogens is 2. The highest BCUT2D eigenvalue weighted by atomic mass is 35.5. The molecule has 0 aliphatic carbocycles. The van der Waals surface area contributed by atoms with Crippen LogP contribution in [0.25, 0.3) is 0 Å². The SMILES string of the molecule is Cc1sc(N(CCc2ccc(Cl)cc2)Cc2ccc(Cl)cc2)nc1C(O)NS(C)=O. The number of aliphatic hydroxyl groups excluding tert-OH is 1. The molecular weight excluding hydrogens is 461 g/mol. The van der Waals surface area contributed by atoms with Crippen LogP contribution in [-0.2, 0) is 24.0 Å². The van der Waals surface area contributed by atoms with Gasteiger partial charge in [-0.05, 0) is 48.7 Å². The van der Waals surface area contributed by atoms with Crippen LogP contribution in [0.5, 0.6) is 0 Å². The van der Waals surface area contributed by atoms with Gasteiger partial charge in [0.15, 0.2) is 11.4 Å². The van der Waals surface area contributed by atoms with Crippen molar-refractivity contribution in [1.82, 2.24) is 9.71 Å². The van der Waals surface area contributed by atoms with Crippen molar-refractivity contribution in [2.24, 2.45) is 0 Å². The van der Waals surface area contributed by atoms with Crippen LogP contribution in [0.1, 0.15) is 27.9 Å². The van der Waals surface area contributed by atoms with Crippen LogP contribution in [-0.4, -0.2) is 27.1 Å². The first-order chi connectivity index (χ1) is 14.3. The molecule has 9 heteroatoms. The Kier molecular flexibility index (Phi) is 8.27. The number of aryl methyl sites for hydroxylation is 1. The summed E-state index contributed by atoms with van der Waals surface area (Å²) in [6.07, 6.45) is 1.22. The van der Waals surface area contributed by atoms with Gasteiger partial charge in [-0.3, -0.25) is 0 Å². The number of thiazole rings is 1. The lowest BCUT2D eigenvalue weighted by molar-refractivity contribution is 0.164. The molecule has 0 aliphatic heterocycles. The van der Waals surface area contributed by atoms with E-state index in [4.69, 9.17) is 23.2 Å². The Labute approximate surface area is 193 Å². The van der Waals surface area contributed by atoms with Crippen LogP contribution in [0.3, 0.4) is 0 Å². The summed E-state index contributed by atoms with van der Waals surface area (Å²) >= 11 is 13.5. The molecule has 5 nitrogen and oxygen atoms in total. The number of hydrogen-bond donors (Lipinski definition) is 2. The second kappa shape index (κ2) is 10.7. The van der Waals surface area contributed by atoms with Crippen LogP contribution >= 0.6 is 34.5 Å². The minimum absolute atomic E-state index is 0.498. The topological polar surface area (TPSA) is 65.5 Å².